The van der Waals surface area contributed by atoms with E-state index in [4.69, 9.17) is 14.2 Å². The summed E-state index contributed by atoms with van der Waals surface area (Å²) in [5, 5.41) is 11.6. The van der Waals surface area contributed by atoms with Crippen molar-refractivity contribution in [2.45, 2.75) is 167 Å². The molecule has 59 heavy (non-hydrogen) atoms. The van der Waals surface area contributed by atoms with E-state index in [0.717, 1.165) is 70.6 Å². The number of esters is 2. The summed E-state index contributed by atoms with van der Waals surface area (Å²) < 4.78 is 17.1. The second-order valence-corrected chi connectivity index (χ2v) is 16.0. The Bertz CT molecular complexity index is 1280. The minimum Gasteiger partial charge on any atom is -0.544 e. The molecule has 0 amide bonds. The molecule has 0 aliphatic heterocycles. The molecule has 0 heterocycles. The Morgan fingerprint density at radius 1 is 0.525 bits per heavy atom. The third kappa shape index (κ3) is 39.5. The monoisotopic (exact) mass is 822 g/mol. The molecule has 0 aromatic carbocycles. The summed E-state index contributed by atoms with van der Waals surface area (Å²) in [6.07, 6.45) is 54.3. The van der Waals surface area contributed by atoms with Crippen LogP contribution in [-0.4, -0.2) is 75.5 Å². The first-order chi connectivity index (χ1) is 28.6. The van der Waals surface area contributed by atoms with Crippen LogP contribution in [0.3, 0.4) is 0 Å². The van der Waals surface area contributed by atoms with Crippen molar-refractivity contribution in [1.29, 1.82) is 0 Å². The smallest absolute Gasteiger partial charge is 0.306 e. The number of carbonyl (C=O) groups is 3. The molecule has 0 aromatic heterocycles. The lowest BCUT2D eigenvalue weighted by Gasteiger charge is -2.34. The Morgan fingerprint density at radius 3 is 1.54 bits per heavy atom. The van der Waals surface area contributed by atoms with E-state index in [1.54, 1.807) is 21.1 Å². The van der Waals surface area contributed by atoms with Gasteiger partial charge in [0.15, 0.2) is 6.10 Å². The normalized spacial score (nSPS) is 13.8. The van der Waals surface area contributed by atoms with Crippen LogP contribution < -0.4 is 5.11 Å². The van der Waals surface area contributed by atoms with Crippen molar-refractivity contribution in [2.24, 2.45) is 0 Å². The number of aliphatic carboxylic acids is 1. The van der Waals surface area contributed by atoms with Crippen LogP contribution in [-0.2, 0) is 28.6 Å². The quantitative estimate of drug-likeness (QED) is 0.0200. The lowest BCUT2D eigenvalue weighted by Crippen LogP contribution is -2.55. The first-order valence-electron chi connectivity index (χ1n) is 22.8. The maximum absolute atomic E-state index is 12.7. The topological polar surface area (TPSA) is 102 Å². The minimum atomic E-state index is -1.14. The van der Waals surface area contributed by atoms with E-state index in [2.05, 4.69) is 62.5 Å². The number of rotatable bonds is 39. The number of hydrogen-bond donors (Lipinski definition) is 0. The molecule has 0 saturated carbocycles. The second-order valence-electron chi connectivity index (χ2n) is 16.0. The summed E-state index contributed by atoms with van der Waals surface area (Å²) in [6.45, 7) is 4.34. The Hall–Kier alpha value is -3.75. The van der Waals surface area contributed by atoms with E-state index in [0.29, 0.717) is 12.8 Å². The third-order valence-electron chi connectivity index (χ3n) is 9.59. The first kappa shape index (κ1) is 55.2. The van der Waals surface area contributed by atoms with Gasteiger partial charge in [0.25, 0.3) is 0 Å². The van der Waals surface area contributed by atoms with E-state index in [1.165, 1.54) is 51.4 Å². The number of hydrogen-bond acceptors (Lipinski definition) is 7. The third-order valence-corrected chi connectivity index (χ3v) is 9.59. The molecule has 0 radical (unpaired) electrons. The Labute approximate surface area is 360 Å². The van der Waals surface area contributed by atoms with Crippen LogP contribution in [0.15, 0.2) is 97.2 Å². The highest BCUT2D eigenvalue weighted by atomic mass is 16.6. The number of unbranched alkanes of at least 4 members (excludes halogenated alkanes) is 13. The maximum Gasteiger partial charge on any atom is 0.306 e. The molecule has 0 rings (SSSR count). The number of carboxylic acids is 1. The van der Waals surface area contributed by atoms with Gasteiger partial charge in [0.05, 0.1) is 40.3 Å². The summed E-state index contributed by atoms with van der Waals surface area (Å²) in [5.74, 6) is -1.81. The zero-order chi connectivity index (χ0) is 43.5. The number of nitrogens with zero attached hydrogens (tertiary/aromatic N) is 1. The fourth-order valence-electron chi connectivity index (χ4n) is 6.11. The molecule has 8 nitrogen and oxygen atoms in total. The van der Waals surface area contributed by atoms with E-state index in [-0.39, 0.29) is 42.7 Å². The molecule has 0 aliphatic carbocycles. The highest BCUT2D eigenvalue weighted by Gasteiger charge is 2.25. The standard InChI is InChI=1S/C51H83NO7/c1-6-8-10-12-14-16-18-20-22-23-24-25-26-28-30-32-34-36-38-40-42-50(54)59-47(45-57-44-43-48(51(55)56)52(3,4)5)46-58-49(53)41-39-37-35-33-31-29-27-21-19-17-15-13-11-9-7-2/h8-11,13-17,19-22,27,29,31,47-48H,6-7,12,18,23-26,28,30,32-46H2,1-5H3/b10-8+,11-9+,15-13+,16-14+,19-17+,22-20+,27-21+,31-29+. The molecule has 0 bridgehead atoms. The number of quaternary nitrogens is 1. The molecular weight excluding hydrogens is 739 g/mol. The van der Waals surface area contributed by atoms with Gasteiger partial charge in [-0.1, -0.05) is 169 Å². The minimum absolute atomic E-state index is 0.0191. The van der Waals surface area contributed by atoms with Gasteiger partial charge in [0.1, 0.15) is 12.6 Å². The molecule has 2 unspecified atom stereocenters. The lowest BCUT2D eigenvalue weighted by atomic mass is 10.0. The van der Waals surface area contributed by atoms with Gasteiger partial charge >= 0.3 is 11.9 Å². The van der Waals surface area contributed by atoms with Crippen LogP contribution in [0.5, 0.6) is 0 Å². The van der Waals surface area contributed by atoms with Crippen molar-refractivity contribution in [3.05, 3.63) is 97.2 Å². The molecule has 0 saturated heterocycles. The van der Waals surface area contributed by atoms with Crippen LogP contribution in [0, 0.1) is 0 Å². The molecule has 0 spiro atoms. The number of carboxylic acid groups (broad SMARTS) is 1. The van der Waals surface area contributed by atoms with Gasteiger partial charge in [-0.05, 0) is 64.2 Å². The summed E-state index contributed by atoms with van der Waals surface area (Å²) in [6, 6.07) is -0.739. The fraction of sp³-hybridized carbons (Fsp3) is 0.627. The average molecular weight is 822 g/mol. The van der Waals surface area contributed by atoms with Crippen LogP contribution in [0.2, 0.25) is 0 Å². The predicted molar refractivity (Wildman–Crippen MR) is 245 cm³/mol. The summed E-state index contributed by atoms with van der Waals surface area (Å²) >= 11 is 0. The largest absolute Gasteiger partial charge is 0.544 e. The van der Waals surface area contributed by atoms with E-state index in [9.17, 15) is 19.5 Å². The molecule has 0 N–H and O–H groups in total. The van der Waals surface area contributed by atoms with Crippen molar-refractivity contribution in [3.8, 4) is 0 Å². The van der Waals surface area contributed by atoms with Crippen LogP contribution in [0.25, 0.3) is 0 Å². The first-order valence-corrected chi connectivity index (χ1v) is 22.8. The van der Waals surface area contributed by atoms with Gasteiger partial charge in [-0.2, -0.15) is 0 Å². The molecule has 334 valence electrons. The second kappa shape index (κ2) is 41.0. The van der Waals surface area contributed by atoms with E-state index in [1.807, 2.05) is 48.6 Å². The Balaban J connectivity index is 4.39. The summed E-state index contributed by atoms with van der Waals surface area (Å²) in [5.41, 5.74) is 0. The van der Waals surface area contributed by atoms with Gasteiger partial charge in [-0.3, -0.25) is 9.59 Å². The molecule has 2 atom stereocenters. The van der Waals surface area contributed by atoms with Gasteiger partial charge in [-0.15, -0.1) is 0 Å². The average Bonchev–Trinajstić information content (AvgIpc) is 3.19. The highest BCUT2D eigenvalue weighted by Crippen LogP contribution is 2.14. The van der Waals surface area contributed by atoms with E-state index < -0.39 is 18.1 Å². The summed E-state index contributed by atoms with van der Waals surface area (Å²) in [4.78, 5) is 36.9. The predicted octanol–water partition coefficient (Wildman–Crippen LogP) is 11.4. The zero-order valence-electron chi connectivity index (χ0n) is 37.9. The maximum atomic E-state index is 12.7. The number of carbonyl (C=O) groups excluding carboxylic acids is 3. The van der Waals surface area contributed by atoms with Crippen molar-refractivity contribution >= 4 is 17.9 Å². The van der Waals surface area contributed by atoms with Crippen molar-refractivity contribution < 1.29 is 38.2 Å². The van der Waals surface area contributed by atoms with Crippen molar-refractivity contribution in [3.63, 3.8) is 0 Å². The fourth-order valence-corrected chi connectivity index (χ4v) is 6.11. The summed E-state index contributed by atoms with van der Waals surface area (Å²) in [7, 11) is 5.38. The van der Waals surface area contributed by atoms with E-state index >= 15 is 0 Å². The van der Waals surface area contributed by atoms with Gasteiger partial charge in [0, 0.05) is 19.3 Å². The van der Waals surface area contributed by atoms with Crippen LogP contribution in [0.1, 0.15) is 155 Å². The van der Waals surface area contributed by atoms with Gasteiger partial charge in [-0.25, -0.2) is 0 Å². The SMILES string of the molecule is CC/C=C/C=C/C=C/C=C/C=C/CCCCCC(=O)OCC(COCCC(C(=O)[O-])[N+](C)(C)C)OC(=O)CCCCCCCCCCCC/C=C/C/C=C/C/C=C/CC. The van der Waals surface area contributed by atoms with Crippen molar-refractivity contribution in [1.82, 2.24) is 0 Å². The number of allylic oxidation sites excluding steroid dienone is 16. The molecule has 0 aliphatic rings. The number of ether oxygens (including phenoxy) is 3. The highest BCUT2D eigenvalue weighted by molar-refractivity contribution is 5.70. The van der Waals surface area contributed by atoms with Gasteiger partial charge in [0.2, 0.25) is 0 Å². The molecular formula is C51H83NO7. The molecule has 8 heteroatoms. The number of likely N-dealkylation sites (N-methyl/N-ethyl adjacent to an activating group) is 1. The molecule has 0 fully saturated rings. The van der Waals surface area contributed by atoms with Gasteiger partial charge < -0.3 is 28.6 Å². The van der Waals surface area contributed by atoms with Crippen molar-refractivity contribution in [2.75, 3.05) is 41.0 Å². The van der Waals surface area contributed by atoms with Crippen LogP contribution in [0.4, 0.5) is 0 Å². The lowest BCUT2D eigenvalue weighted by molar-refractivity contribution is -0.889. The molecule has 0 aromatic rings. The Kier molecular flexibility index (Phi) is 38.4. The Morgan fingerprint density at radius 2 is 0.983 bits per heavy atom. The zero-order valence-corrected chi connectivity index (χ0v) is 37.9. The van der Waals surface area contributed by atoms with Crippen LogP contribution >= 0.6 is 0 Å².